The quantitative estimate of drug-likeness (QED) is 0.424. The smallest absolute Gasteiger partial charge is 0.256 e. The Kier molecular flexibility index (Phi) is 10.0. The maximum absolute atomic E-state index is 13.1. The van der Waals surface area contributed by atoms with E-state index in [1.165, 1.54) is 25.7 Å². The van der Waals surface area contributed by atoms with Crippen LogP contribution in [-0.2, 0) is 0 Å². The van der Waals surface area contributed by atoms with E-state index in [2.05, 4.69) is 32.9 Å². The van der Waals surface area contributed by atoms with Crippen LogP contribution in [0.3, 0.4) is 0 Å². The molecule has 0 N–H and O–H groups in total. The maximum atomic E-state index is 13.1. The maximum Gasteiger partial charge on any atom is 0.256 e. The summed E-state index contributed by atoms with van der Waals surface area (Å²) in [6.07, 6.45) is 6.95. The van der Waals surface area contributed by atoms with E-state index >= 15 is 0 Å². The van der Waals surface area contributed by atoms with Gasteiger partial charge in [-0.3, -0.25) is 4.79 Å². The second-order valence-corrected chi connectivity index (χ2v) is 7.31. The highest BCUT2D eigenvalue weighted by Gasteiger charge is 2.22. The first-order chi connectivity index (χ1) is 12.0. The Bertz CT molecular complexity index is 514. The summed E-state index contributed by atoms with van der Waals surface area (Å²) >= 11 is 0. The predicted octanol–water partition coefficient (Wildman–Crippen LogP) is 6.18. The topological polar surface area (TPSA) is 49.7 Å². The Balaban J connectivity index is 2.91. The van der Waals surface area contributed by atoms with E-state index in [-0.39, 0.29) is 11.6 Å². The molecule has 0 saturated heterocycles. The molecule has 0 aliphatic rings. The molecule has 0 aromatic heterocycles. The van der Waals surface area contributed by atoms with E-state index in [1.54, 1.807) is 24.3 Å². The van der Waals surface area contributed by atoms with Crippen molar-refractivity contribution in [1.29, 1.82) is 0 Å². The van der Waals surface area contributed by atoms with E-state index in [9.17, 15) is 9.70 Å². The highest BCUT2D eigenvalue weighted by molar-refractivity contribution is 5.98. The van der Waals surface area contributed by atoms with Gasteiger partial charge < -0.3 is 4.90 Å². The van der Waals surface area contributed by atoms with E-state index in [1.807, 2.05) is 4.90 Å². The minimum Gasteiger partial charge on any atom is -0.338 e. The first-order valence-corrected chi connectivity index (χ1v) is 9.75. The van der Waals surface area contributed by atoms with E-state index in [0.29, 0.717) is 17.4 Å². The van der Waals surface area contributed by atoms with Gasteiger partial charge in [-0.05, 0) is 42.0 Å². The normalized spacial score (nSPS) is 13.3. The molecule has 4 heteroatoms. The third kappa shape index (κ3) is 7.37. The third-order valence-corrected chi connectivity index (χ3v) is 4.69. The van der Waals surface area contributed by atoms with Crippen LogP contribution >= 0.6 is 0 Å². The van der Waals surface area contributed by atoms with Crippen molar-refractivity contribution in [2.75, 3.05) is 13.1 Å². The fraction of sp³-hybridized carbons (Fsp3) is 0.667. The number of hydrogen-bond donors (Lipinski definition) is 0. The average Bonchev–Trinajstić information content (AvgIpc) is 2.63. The Hall–Kier alpha value is -1.71. The standard InChI is InChI=1S/C21H34N2O2/c1-5-7-11-17(3)15-23(16-18(4)12-8-6-2)21(24)19-13-9-10-14-20(19)22-25/h9-10,13-14,17-18H,5-8,11-12,15-16H2,1-4H3. The van der Waals surface area contributed by atoms with Crippen molar-refractivity contribution >= 4 is 11.6 Å². The van der Waals surface area contributed by atoms with Gasteiger partial charge in [-0.2, -0.15) is 0 Å². The SMILES string of the molecule is CCCCC(C)CN(CC(C)CCCC)C(=O)c1ccccc1N=O. The molecular weight excluding hydrogens is 312 g/mol. The fourth-order valence-corrected chi connectivity index (χ4v) is 3.18. The zero-order valence-corrected chi connectivity index (χ0v) is 16.3. The first kappa shape index (κ1) is 21.3. The molecule has 1 aromatic rings. The minimum atomic E-state index is -0.0677. The Morgan fingerprint density at radius 1 is 1.00 bits per heavy atom. The lowest BCUT2D eigenvalue weighted by molar-refractivity contribution is 0.0700. The Morgan fingerprint density at radius 2 is 1.52 bits per heavy atom. The number of rotatable bonds is 12. The lowest BCUT2D eigenvalue weighted by atomic mass is 10.00. The summed E-state index contributed by atoms with van der Waals surface area (Å²) in [5.41, 5.74) is 0.655. The summed E-state index contributed by atoms with van der Waals surface area (Å²) in [6, 6.07) is 6.85. The summed E-state index contributed by atoms with van der Waals surface area (Å²) < 4.78 is 0. The molecule has 0 aliphatic carbocycles. The van der Waals surface area contributed by atoms with Crippen LogP contribution in [0.2, 0.25) is 0 Å². The van der Waals surface area contributed by atoms with Crippen LogP contribution in [0.15, 0.2) is 29.4 Å². The Labute approximate surface area is 153 Å². The summed E-state index contributed by atoms with van der Waals surface area (Å²) in [5, 5.41) is 3.03. The highest BCUT2D eigenvalue weighted by atomic mass is 16.3. The van der Waals surface area contributed by atoms with Crippen LogP contribution in [0.1, 0.15) is 76.6 Å². The minimum absolute atomic E-state index is 0.0677. The number of nitroso groups, excluding NO2 is 1. The molecule has 0 saturated carbocycles. The molecule has 1 rings (SSSR count). The largest absolute Gasteiger partial charge is 0.338 e. The molecule has 25 heavy (non-hydrogen) atoms. The summed E-state index contributed by atoms with van der Waals surface area (Å²) in [7, 11) is 0. The second kappa shape index (κ2) is 11.8. The lowest BCUT2D eigenvalue weighted by Crippen LogP contribution is -2.38. The summed E-state index contributed by atoms with van der Waals surface area (Å²) in [6.45, 7) is 10.3. The van der Waals surface area contributed by atoms with Crippen LogP contribution in [0.4, 0.5) is 5.69 Å². The Morgan fingerprint density at radius 3 is 2.00 bits per heavy atom. The first-order valence-electron chi connectivity index (χ1n) is 9.75. The zero-order valence-electron chi connectivity index (χ0n) is 16.3. The van der Waals surface area contributed by atoms with Crippen molar-refractivity contribution in [3.63, 3.8) is 0 Å². The van der Waals surface area contributed by atoms with E-state index in [4.69, 9.17) is 0 Å². The summed E-state index contributed by atoms with van der Waals surface area (Å²) in [4.78, 5) is 26.1. The highest BCUT2D eigenvalue weighted by Crippen LogP contribution is 2.22. The predicted molar refractivity (Wildman–Crippen MR) is 105 cm³/mol. The van der Waals surface area contributed by atoms with Gasteiger partial charge in [-0.1, -0.05) is 65.5 Å². The van der Waals surface area contributed by atoms with Gasteiger partial charge in [0.15, 0.2) is 0 Å². The summed E-state index contributed by atoms with van der Waals surface area (Å²) in [5.74, 6) is 0.846. The molecule has 1 aromatic carbocycles. The van der Waals surface area contributed by atoms with Crippen molar-refractivity contribution < 1.29 is 4.79 Å². The molecule has 2 atom stereocenters. The average molecular weight is 347 g/mol. The molecule has 2 unspecified atom stereocenters. The van der Waals surface area contributed by atoms with E-state index < -0.39 is 0 Å². The number of unbranched alkanes of at least 4 members (excludes halogenated alkanes) is 2. The fourth-order valence-electron chi connectivity index (χ4n) is 3.18. The van der Waals surface area contributed by atoms with Crippen molar-refractivity contribution in [1.82, 2.24) is 4.90 Å². The molecule has 0 heterocycles. The molecule has 0 bridgehead atoms. The number of hydrogen-bond acceptors (Lipinski definition) is 3. The monoisotopic (exact) mass is 346 g/mol. The van der Waals surface area contributed by atoms with Gasteiger partial charge in [0, 0.05) is 13.1 Å². The molecule has 4 nitrogen and oxygen atoms in total. The van der Waals surface area contributed by atoms with Gasteiger partial charge in [0.2, 0.25) is 0 Å². The molecule has 1 amide bonds. The van der Waals surface area contributed by atoms with Crippen LogP contribution in [-0.4, -0.2) is 23.9 Å². The number of nitrogens with zero attached hydrogens (tertiary/aromatic N) is 2. The van der Waals surface area contributed by atoms with Crippen LogP contribution in [0.5, 0.6) is 0 Å². The van der Waals surface area contributed by atoms with Crippen molar-refractivity contribution in [3.05, 3.63) is 34.7 Å². The van der Waals surface area contributed by atoms with E-state index in [0.717, 1.165) is 25.9 Å². The number of amides is 1. The van der Waals surface area contributed by atoms with Crippen molar-refractivity contribution in [3.8, 4) is 0 Å². The molecular formula is C21H34N2O2. The van der Waals surface area contributed by atoms with Gasteiger partial charge >= 0.3 is 0 Å². The van der Waals surface area contributed by atoms with Gasteiger partial charge in [0.05, 0.1) is 5.56 Å². The zero-order chi connectivity index (χ0) is 18.7. The number of benzene rings is 1. The molecule has 0 spiro atoms. The molecule has 0 fully saturated rings. The van der Waals surface area contributed by atoms with Gasteiger partial charge in [-0.25, -0.2) is 0 Å². The second-order valence-electron chi connectivity index (χ2n) is 7.31. The van der Waals surface area contributed by atoms with Gasteiger partial charge in [0.25, 0.3) is 5.91 Å². The number of carbonyl (C=O) groups excluding carboxylic acids is 1. The molecule has 140 valence electrons. The van der Waals surface area contributed by atoms with Crippen LogP contribution in [0, 0.1) is 16.7 Å². The lowest BCUT2D eigenvalue weighted by Gasteiger charge is -2.29. The molecule has 0 aliphatic heterocycles. The van der Waals surface area contributed by atoms with Crippen LogP contribution < -0.4 is 0 Å². The van der Waals surface area contributed by atoms with Crippen molar-refractivity contribution in [2.45, 2.75) is 66.2 Å². The molecule has 0 radical (unpaired) electrons. The van der Waals surface area contributed by atoms with Gasteiger partial charge in [0.1, 0.15) is 5.69 Å². The third-order valence-electron chi connectivity index (χ3n) is 4.69. The van der Waals surface area contributed by atoms with Gasteiger partial charge in [-0.15, -0.1) is 4.91 Å². The van der Waals surface area contributed by atoms with Crippen molar-refractivity contribution in [2.24, 2.45) is 17.0 Å². The number of carbonyl (C=O) groups is 1. The van der Waals surface area contributed by atoms with Crippen LogP contribution in [0.25, 0.3) is 0 Å².